The number of methoxy groups -OCH3 is 1. The zero-order valence-corrected chi connectivity index (χ0v) is 9.70. The molecule has 2 rings (SSSR count). The lowest BCUT2D eigenvalue weighted by Gasteiger charge is -2.08. The number of phenols is 1. The number of aromatic hydroxyl groups is 1. The third-order valence-electron chi connectivity index (χ3n) is 2.62. The zero-order valence-electron chi connectivity index (χ0n) is 9.70. The second-order valence-corrected chi connectivity index (χ2v) is 3.87. The summed E-state index contributed by atoms with van der Waals surface area (Å²) in [6, 6.07) is 9.71. The molecule has 0 radical (unpaired) electrons. The predicted octanol–water partition coefficient (Wildman–Crippen LogP) is 3.52. The minimum atomic E-state index is -0.342. The summed E-state index contributed by atoms with van der Waals surface area (Å²) >= 11 is 0. The summed E-state index contributed by atoms with van der Waals surface area (Å²) in [7, 11) is 1.51. The Labute approximate surface area is 99.3 Å². The lowest BCUT2D eigenvalue weighted by Crippen LogP contribution is -1.88. The number of rotatable bonds is 2. The second-order valence-electron chi connectivity index (χ2n) is 3.87. The number of ether oxygens (including phenoxy) is 1. The smallest absolute Gasteiger partial charge is 0.131 e. The van der Waals surface area contributed by atoms with Crippen LogP contribution in [0.25, 0.3) is 11.1 Å². The summed E-state index contributed by atoms with van der Waals surface area (Å²) < 4.78 is 18.7. The van der Waals surface area contributed by atoms with Crippen molar-refractivity contribution in [3.05, 3.63) is 47.8 Å². The SMILES string of the molecule is COc1ccc(-c2ccc(C)cc2F)c(O)c1. The monoisotopic (exact) mass is 232 g/mol. The molecule has 0 saturated heterocycles. The summed E-state index contributed by atoms with van der Waals surface area (Å²) in [5, 5.41) is 9.82. The molecule has 1 N–H and O–H groups in total. The maximum absolute atomic E-state index is 13.8. The van der Waals surface area contributed by atoms with Crippen LogP contribution < -0.4 is 4.74 Å². The van der Waals surface area contributed by atoms with E-state index in [1.165, 1.54) is 19.2 Å². The maximum atomic E-state index is 13.8. The van der Waals surface area contributed by atoms with Gasteiger partial charge in [-0.2, -0.15) is 0 Å². The highest BCUT2D eigenvalue weighted by molar-refractivity contribution is 5.71. The summed E-state index contributed by atoms with van der Waals surface area (Å²) in [6.07, 6.45) is 0. The van der Waals surface area contributed by atoms with Crippen LogP contribution in [0.3, 0.4) is 0 Å². The van der Waals surface area contributed by atoms with E-state index in [-0.39, 0.29) is 11.6 Å². The van der Waals surface area contributed by atoms with Gasteiger partial charge >= 0.3 is 0 Å². The normalized spacial score (nSPS) is 10.3. The molecule has 2 nitrogen and oxygen atoms in total. The van der Waals surface area contributed by atoms with Gasteiger partial charge in [-0.15, -0.1) is 0 Å². The predicted molar refractivity (Wildman–Crippen MR) is 64.8 cm³/mol. The molecule has 0 amide bonds. The van der Waals surface area contributed by atoms with Crippen molar-refractivity contribution < 1.29 is 14.2 Å². The van der Waals surface area contributed by atoms with Crippen molar-refractivity contribution >= 4 is 0 Å². The summed E-state index contributed by atoms with van der Waals surface area (Å²) in [5.41, 5.74) is 1.69. The Hall–Kier alpha value is -2.03. The van der Waals surface area contributed by atoms with Crippen LogP contribution in [0.15, 0.2) is 36.4 Å². The summed E-state index contributed by atoms with van der Waals surface area (Å²) in [5.74, 6) is 0.205. The molecule has 0 heterocycles. The Kier molecular flexibility index (Phi) is 3.00. The van der Waals surface area contributed by atoms with Gasteiger partial charge in [-0.05, 0) is 30.7 Å². The molecule has 2 aromatic rings. The van der Waals surface area contributed by atoms with Gasteiger partial charge in [0.25, 0.3) is 0 Å². The first-order chi connectivity index (χ1) is 8.11. The van der Waals surface area contributed by atoms with E-state index in [1.807, 2.05) is 13.0 Å². The van der Waals surface area contributed by atoms with Gasteiger partial charge in [0.1, 0.15) is 17.3 Å². The van der Waals surface area contributed by atoms with Crippen molar-refractivity contribution in [1.29, 1.82) is 0 Å². The topological polar surface area (TPSA) is 29.5 Å². The van der Waals surface area contributed by atoms with Crippen LogP contribution in [0.4, 0.5) is 4.39 Å². The lowest BCUT2D eigenvalue weighted by atomic mass is 10.0. The first kappa shape index (κ1) is 11.5. The highest BCUT2D eigenvalue weighted by Gasteiger charge is 2.10. The van der Waals surface area contributed by atoms with E-state index in [0.29, 0.717) is 16.9 Å². The van der Waals surface area contributed by atoms with E-state index in [9.17, 15) is 9.50 Å². The number of benzene rings is 2. The van der Waals surface area contributed by atoms with Crippen molar-refractivity contribution in [2.45, 2.75) is 6.92 Å². The van der Waals surface area contributed by atoms with Crippen molar-refractivity contribution in [2.24, 2.45) is 0 Å². The molecule has 0 aliphatic heterocycles. The minimum Gasteiger partial charge on any atom is -0.507 e. The fraction of sp³-hybridized carbons (Fsp3) is 0.143. The van der Waals surface area contributed by atoms with E-state index >= 15 is 0 Å². The van der Waals surface area contributed by atoms with Crippen LogP contribution in [0, 0.1) is 12.7 Å². The molecule has 0 unspecified atom stereocenters. The fourth-order valence-corrected chi connectivity index (χ4v) is 1.70. The number of phenolic OH excluding ortho intramolecular Hbond substituents is 1. The van der Waals surface area contributed by atoms with Gasteiger partial charge in [-0.1, -0.05) is 12.1 Å². The van der Waals surface area contributed by atoms with E-state index in [4.69, 9.17) is 4.74 Å². The van der Waals surface area contributed by atoms with Gasteiger partial charge in [0.05, 0.1) is 7.11 Å². The van der Waals surface area contributed by atoms with Gasteiger partial charge in [-0.3, -0.25) is 0 Å². The van der Waals surface area contributed by atoms with E-state index in [1.54, 1.807) is 18.2 Å². The third-order valence-corrected chi connectivity index (χ3v) is 2.62. The molecular weight excluding hydrogens is 219 g/mol. The lowest BCUT2D eigenvalue weighted by molar-refractivity contribution is 0.408. The Morgan fingerprint density at radius 2 is 1.76 bits per heavy atom. The largest absolute Gasteiger partial charge is 0.507 e. The molecule has 0 fully saturated rings. The standard InChI is InChI=1S/C14H13FO2/c1-9-3-5-11(13(15)7-9)12-6-4-10(17-2)8-14(12)16/h3-8,16H,1-2H3. The molecule has 3 heteroatoms. The summed E-state index contributed by atoms with van der Waals surface area (Å²) in [4.78, 5) is 0. The average Bonchev–Trinajstić information content (AvgIpc) is 2.30. The van der Waals surface area contributed by atoms with Crippen molar-refractivity contribution in [3.8, 4) is 22.6 Å². The number of aryl methyl sites for hydroxylation is 1. The molecular formula is C14H13FO2. The number of halogens is 1. The van der Waals surface area contributed by atoms with E-state index < -0.39 is 0 Å². The Morgan fingerprint density at radius 1 is 1.06 bits per heavy atom. The van der Waals surface area contributed by atoms with Crippen LogP contribution in [0.5, 0.6) is 11.5 Å². The molecule has 17 heavy (non-hydrogen) atoms. The van der Waals surface area contributed by atoms with E-state index in [0.717, 1.165) is 5.56 Å². The first-order valence-electron chi connectivity index (χ1n) is 5.25. The van der Waals surface area contributed by atoms with Crippen LogP contribution >= 0.6 is 0 Å². The Morgan fingerprint density at radius 3 is 2.35 bits per heavy atom. The molecule has 0 aliphatic rings. The second kappa shape index (κ2) is 4.45. The van der Waals surface area contributed by atoms with Crippen molar-refractivity contribution in [3.63, 3.8) is 0 Å². The molecule has 0 aliphatic carbocycles. The molecule has 2 aromatic carbocycles. The fourth-order valence-electron chi connectivity index (χ4n) is 1.70. The Bertz CT molecular complexity index is 550. The molecule has 0 bridgehead atoms. The van der Waals surface area contributed by atoms with Gasteiger partial charge in [0.15, 0.2) is 0 Å². The molecule has 0 saturated carbocycles. The van der Waals surface area contributed by atoms with Crippen LogP contribution in [0.2, 0.25) is 0 Å². The van der Waals surface area contributed by atoms with Crippen molar-refractivity contribution in [2.75, 3.05) is 7.11 Å². The molecule has 0 spiro atoms. The highest BCUT2D eigenvalue weighted by Crippen LogP contribution is 2.33. The highest BCUT2D eigenvalue weighted by atomic mass is 19.1. The van der Waals surface area contributed by atoms with E-state index in [2.05, 4.69) is 0 Å². The van der Waals surface area contributed by atoms with Crippen LogP contribution in [0.1, 0.15) is 5.56 Å². The van der Waals surface area contributed by atoms with Gasteiger partial charge in [-0.25, -0.2) is 4.39 Å². The molecule has 0 aromatic heterocycles. The van der Waals surface area contributed by atoms with Gasteiger partial charge < -0.3 is 9.84 Å². The van der Waals surface area contributed by atoms with Gasteiger partial charge in [0.2, 0.25) is 0 Å². The number of hydrogen-bond donors (Lipinski definition) is 1. The average molecular weight is 232 g/mol. The van der Waals surface area contributed by atoms with Gasteiger partial charge in [0, 0.05) is 17.2 Å². The number of hydrogen-bond acceptors (Lipinski definition) is 2. The minimum absolute atomic E-state index is 0.00658. The Balaban J connectivity index is 2.53. The van der Waals surface area contributed by atoms with Crippen LogP contribution in [-0.4, -0.2) is 12.2 Å². The molecule has 88 valence electrons. The quantitative estimate of drug-likeness (QED) is 0.858. The maximum Gasteiger partial charge on any atom is 0.131 e. The van der Waals surface area contributed by atoms with Crippen molar-refractivity contribution in [1.82, 2.24) is 0 Å². The third kappa shape index (κ3) is 2.23. The zero-order chi connectivity index (χ0) is 12.4. The molecule has 0 atom stereocenters. The summed E-state index contributed by atoms with van der Waals surface area (Å²) in [6.45, 7) is 1.82. The first-order valence-corrected chi connectivity index (χ1v) is 5.25. The van der Waals surface area contributed by atoms with Crippen LogP contribution in [-0.2, 0) is 0 Å².